The first kappa shape index (κ1) is 20.1. The van der Waals surface area contributed by atoms with Crippen molar-refractivity contribution in [2.45, 2.75) is 25.7 Å². The fourth-order valence-corrected chi connectivity index (χ4v) is 3.13. The molecule has 0 saturated carbocycles. The van der Waals surface area contributed by atoms with E-state index in [1.165, 1.54) is 6.20 Å². The molecule has 0 fully saturated rings. The van der Waals surface area contributed by atoms with Crippen molar-refractivity contribution in [2.75, 3.05) is 13.2 Å². The molecular formula is C21H23BF2N2O2. The molecule has 146 valence electrons. The van der Waals surface area contributed by atoms with Crippen LogP contribution in [0.15, 0.2) is 65.4 Å². The summed E-state index contributed by atoms with van der Waals surface area (Å²) >= 11 is 0. The number of rotatable bonds is 10. The number of aliphatic hydroxyl groups is 1. The van der Waals surface area contributed by atoms with E-state index in [4.69, 9.17) is 9.84 Å². The largest absolute Gasteiger partial charge is 0.677 e. The Hall–Kier alpha value is -2.67. The molecule has 3 rings (SSSR count). The zero-order valence-electron chi connectivity index (χ0n) is 15.6. The van der Waals surface area contributed by atoms with Gasteiger partial charge in [0.1, 0.15) is 5.75 Å². The second-order valence-electron chi connectivity index (χ2n) is 6.49. The van der Waals surface area contributed by atoms with Crippen molar-refractivity contribution in [1.29, 1.82) is 0 Å². The van der Waals surface area contributed by atoms with Crippen molar-refractivity contribution in [2.24, 2.45) is 4.99 Å². The van der Waals surface area contributed by atoms with Crippen molar-refractivity contribution in [3.05, 3.63) is 71.7 Å². The average Bonchev–Trinajstić information content (AvgIpc) is 3.39. The van der Waals surface area contributed by atoms with E-state index < -0.39 is 7.40 Å². The third-order valence-electron chi connectivity index (χ3n) is 4.52. The van der Waals surface area contributed by atoms with E-state index in [9.17, 15) is 8.63 Å². The number of aliphatic imine (C=N–C) groups is 1. The van der Waals surface area contributed by atoms with Crippen LogP contribution in [0.3, 0.4) is 0 Å². The lowest BCUT2D eigenvalue weighted by Crippen LogP contribution is -2.15. The normalized spacial score (nSPS) is 14.5. The number of aromatic nitrogens is 1. The predicted octanol–water partition coefficient (Wildman–Crippen LogP) is 4.59. The fraction of sp³-hybridized carbons (Fsp3) is 0.286. The number of unbranched alkanes of at least 4 members (excludes halogenated alkanes) is 3. The van der Waals surface area contributed by atoms with Crippen molar-refractivity contribution in [3.63, 3.8) is 0 Å². The molecule has 0 spiro atoms. The van der Waals surface area contributed by atoms with Crippen molar-refractivity contribution >= 4 is 19.2 Å². The average molecular weight is 384 g/mol. The van der Waals surface area contributed by atoms with Gasteiger partial charge in [0.25, 0.3) is 0 Å². The van der Waals surface area contributed by atoms with E-state index in [1.54, 1.807) is 24.4 Å². The highest BCUT2D eigenvalue weighted by molar-refractivity contribution is 6.41. The molecular weight excluding hydrogens is 361 g/mol. The molecule has 4 nitrogen and oxygen atoms in total. The summed E-state index contributed by atoms with van der Waals surface area (Å²) in [6, 6.07) is 10.7. The molecule has 0 unspecified atom stereocenters. The summed E-state index contributed by atoms with van der Waals surface area (Å²) in [5, 5.41) is 8.78. The van der Waals surface area contributed by atoms with Gasteiger partial charge >= 0.3 is 7.40 Å². The van der Waals surface area contributed by atoms with E-state index in [2.05, 4.69) is 4.99 Å². The molecule has 2 heterocycles. The number of nitrogens with zero attached hydrogens (tertiary/aromatic N) is 2. The van der Waals surface area contributed by atoms with E-state index in [-0.39, 0.29) is 6.61 Å². The second kappa shape index (κ2) is 10.0. The second-order valence-corrected chi connectivity index (χ2v) is 6.49. The summed E-state index contributed by atoms with van der Waals surface area (Å²) in [5.74, 6) is 0.741. The fourth-order valence-electron chi connectivity index (χ4n) is 3.13. The number of aliphatic hydroxyl groups excluding tert-OH is 1. The Morgan fingerprint density at radius 2 is 1.86 bits per heavy atom. The number of allylic oxidation sites excluding steroid dienone is 2. The van der Waals surface area contributed by atoms with E-state index >= 15 is 0 Å². The zero-order chi connectivity index (χ0) is 19.8. The monoisotopic (exact) mass is 384 g/mol. The Balaban J connectivity index is 1.76. The molecule has 0 saturated heterocycles. The molecule has 1 aromatic heterocycles. The smallest absolute Gasteiger partial charge is 0.494 e. The minimum absolute atomic E-state index is 0.230. The van der Waals surface area contributed by atoms with Gasteiger partial charge in [-0.2, -0.15) is 0 Å². The molecule has 1 aliphatic rings. The minimum atomic E-state index is -2.62. The molecule has 28 heavy (non-hydrogen) atoms. The summed E-state index contributed by atoms with van der Waals surface area (Å²) in [6.07, 6.45) is 10.4. The van der Waals surface area contributed by atoms with Gasteiger partial charge in [-0.15, -0.1) is 0 Å². The first-order valence-electron chi connectivity index (χ1n) is 9.45. The molecule has 0 radical (unpaired) electrons. The van der Waals surface area contributed by atoms with Crippen LogP contribution in [-0.2, 0) is 0 Å². The van der Waals surface area contributed by atoms with Crippen LogP contribution in [-0.4, -0.2) is 36.4 Å². The van der Waals surface area contributed by atoms with Crippen molar-refractivity contribution < 1.29 is 18.5 Å². The number of ether oxygens (including phenoxy) is 1. The standard InChI is InChI=1S/C21H23BF2N2O2/c23-22(24)26-14-6-8-20(26)21(19-7-5-13-25-19)17-9-11-18(12-10-17)28-16-4-2-1-3-15-27/h5-14,27H,1-4,15-16H2/b21-19-. The Bertz CT molecular complexity index is 844. The zero-order valence-corrected chi connectivity index (χ0v) is 15.6. The molecule has 0 bridgehead atoms. The Labute approximate surface area is 164 Å². The van der Waals surface area contributed by atoms with Gasteiger partial charge in [0.15, 0.2) is 0 Å². The Kier molecular flexibility index (Phi) is 7.20. The number of hydrogen-bond acceptors (Lipinski definition) is 3. The number of benzene rings is 1. The lowest BCUT2D eigenvalue weighted by Gasteiger charge is -2.13. The SMILES string of the molecule is OCCCCCCOc1ccc(/C(=C2\C=CC=N2)c2cccn2B(F)F)cc1. The van der Waals surface area contributed by atoms with Crippen LogP contribution in [0.2, 0.25) is 0 Å². The lowest BCUT2D eigenvalue weighted by molar-refractivity contribution is 0.273. The topological polar surface area (TPSA) is 46.8 Å². The van der Waals surface area contributed by atoms with E-state index in [0.717, 1.165) is 41.5 Å². The van der Waals surface area contributed by atoms with Gasteiger partial charge in [-0.05, 0) is 67.4 Å². The quantitative estimate of drug-likeness (QED) is 0.481. The molecule has 0 amide bonds. The first-order valence-corrected chi connectivity index (χ1v) is 9.45. The molecule has 1 N–H and O–H groups in total. The van der Waals surface area contributed by atoms with Gasteiger partial charge < -0.3 is 14.3 Å². The summed E-state index contributed by atoms with van der Waals surface area (Å²) in [5.41, 5.74) is 2.53. The maximum atomic E-state index is 13.4. The van der Waals surface area contributed by atoms with Crippen molar-refractivity contribution in [3.8, 4) is 5.75 Å². The third-order valence-corrected chi connectivity index (χ3v) is 4.52. The summed E-state index contributed by atoms with van der Waals surface area (Å²) in [4.78, 5) is 4.31. The lowest BCUT2D eigenvalue weighted by atomic mass is 9.98. The summed E-state index contributed by atoms with van der Waals surface area (Å²) in [7, 11) is -2.62. The molecule has 0 atom stereocenters. The van der Waals surface area contributed by atoms with Gasteiger partial charge in [0, 0.05) is 24.1 Å². The van der Waals surface area contributed by atoms with Crippen LogP contribution in [0.5, 0.6) is 5.75 Å². The maximum Gasteiger partial charge on any atom is 0.677 e. The Morgan fingerprint density at radius 1 is 1.07 bits per heavy atom. The van der Waals surface area contributed by atoms with Crippen LogP contribution in [0.25, 0.3) is 5.57 Å². The van der Waals surface area contributed by atoms with Gasteiger partial charge in [0.2, 0.25) is 0 Å². The summed E-state index contributed by atoms with van der Waals surface area (Å²) < 4.78 is 33.5. The van der Waals surface area contributed by atoms with Crippen LogP contribution >= 0.6 is 0 Å². The summed E-state index contributed by atoms with van der Waals surface area (Å²) in [6.45, 7) is 0.842. The van der Waals surface area contributed by atoms with Gasteiger partial charge in [-0.25, -0.2) is 0 Å². The maximum absolute atomic E-state index is 13.4. The Morgan fingerprint density at radius 3 is 2.54 bits per heavy atom. The first-order chi connectivity index (χ1) is 13.7. The van der Waals surface area contributed by atoms with Crippen LogP contribution in [0.4, 0.5) is 8.63 Å². The molecule has 0 aliphatic carbocycles. The highest BCUT2D eigenvalue weighted by Gasteiger charge is 2.23. The minimum Gasteiger partial charge on any atom is -0.494 e. The molecule has 7 heteroatoms. The van der Waals surface area contributed by atoms with Crippen LogP contribution in [0.1, 0.15) is 36.9 Å². The van der Waals surface area contributed by atoms with Gasteiger partial charge in [-0.3, -0.25) is 13.6 Å². The van der Waals surface area contributed by atoms with Crippen molar-refractivity contribution in [1.82, 2.24) is 4.48 Å². The third kappa shape index (κ3) is 4.98. The number of hydrogen-bond donors (Lipinski definition) is 1. The molecule has 1 aliphatic heterocycles. The van der Waals surface area contributed by atoms with Gasteiger partial charge in [-0.1, -0.05) is 18.6 Å². The highest BCUT2D eigenvalue weighted by atomic mass is 19.2. The highest BCUT2D eigenvalue weighted by Crippen LogP contribution is 2.31. The van der Waals surface area contributed by atoms with Gasteiger partial charge in [0.05, 0.1) is 12.3 Å². The molecule has 2 aromatic rings. The number of halogens is 2. The van der Waals surface area contributed by atoms with E-state index in [0.29, 0.717) is 23.6 Å². The predicted molar refractivity (Wildman–Crippen MR) is 109 cm³/mol. The van der Waals surface area contributed by atoms with Crippen LogP contribution in [0, 0.1) is 0 Å². The van der Waals surface area contributed by atoms with Crippen LogP contribution < -0.4 is 4.74 Å². The van der Waals surface area contributed by atoms with E-state index in [1.807, 2.05) is 30.3 Å². The molecule has 1 aromatic carbocycles.